The quantitative estimate of drug-likeness (QED) is 0.745. The minimum absolute atomic E-state index is 0.133. The zero-order chi connectivity index (χ0) is 19.8. The van der Waals surface area contributed by atoms with Crippen molar-refractivity contribution in [1.29, 1.82) is 0 Å². The van der Waals surface area contributed by atoms with Gasteiger partial charge in [0.15, 0.2) is 0 Å². The molecular formula is C23H22N4O2. The molecule has 0 radical (unpaired) electrons. The lowest BCUT2D eigenvalue weighted by Gasteiger charge is -2.51. The Hall–Kier alpha value is -3.25. The Bertz CT molecular complexity index is 1100. The van der Waals surface area contributed by atoms with E-state index in [-0.39, 0.29) is 11.1 Å². The number of hydrogen-bond donors (Lipinski definition) is 1. The summed E-state index contributed by atoms with van der Waals surface area (Å²) >= 11 is 0. The van der Waals surface area contributed by atoms with E-state index in [0.717, 1.165) is 30.4 Å². The first kappa shape index (κ1) is 17.8. The standard InChI is InChI=1S/C23H22N4O2/c28-20(18-5-2-1-3-6-18)16-27-22-25-19(17-7-12-24-13-8-17)15-21(29)26(22)14-11-23(27)9-4-10-23/h1-3,5-8,11-15,20,28H,4,9-10,16H2/t20-/m1/s1. The molecule has 0 unspecified atom stereocenters. The number of rotatable bonds is 4. The number of benzene rings is 1. The minimum atomic E-state index is -0.671. The summed E-state index contributed by atoms with van der Waals surface area (Å²) in [5.74, 6) is 0.585. The average molecular weight is 386 g/mol. The molecule has 1 saturated carbocycles. The van der Waals surface area contributed by atoms with Gasteiger partial charge in [-0.05, 0) is 43.0 Å². The predicted molar refractivity (Wildman–Crippen MR) is 112 cm³/mol. The van der Waals surface area contributed by atoms with Crippen LogP contribution in [0.25, 0.3) is 17.5 Å². The summed E-state index contributed by atoms with van der Waals surface area (Å²) in [4.78, 5) is 23.9. The van der Waals surface area contributed by atoms with Gasteiger partial charge in [0.1, 0.15) is 0 Å². The van der Waals surface area contributed by atoms with Crippen LogP contribution in [-0.2, 0) is 0 Å². The van der Waals surface area contributed by atoms with Crippen LogP contribution in [-0.4, -0.2) is 31.7 Å². The summed E-state index contributed by atoms with van der Waals surface area (Å²) in [6.45, 7) is 0.376. The van der Waals surface area contributed by atoms with E-state index in [1.165, 1.54) is 0 Å². The molecule has 1 aliphatic carbocycles. The van der Waals surface area contributed by atoms with E-state index in [1.54, 1.807) is 23.0 Å². The Balaban J connectivity index is 1.59. The van der Waals surface area contributed by atoms with Crippen molar-refractivity contribution in [2.45, 2.75) is 30.9 Å². The largest absolute Gasteiger partial charge is 0.387 e. The number of aromatic nitrogens is 3. The van der Waals surface area contributed by atoms with E-state index in [1.807, 2.05) is 48.7 Å². The maximum Gasteiger partial charge on any atom is 0.259 e. The Morgan fingerprint density at radius 3 is 2.55 bits per heavy atom. The van der Waals surface area contributed by atoms with E-state index in [9.17, 15) is 9.90 Å². The molecule has 3 aromatic rings. The second kappa shape index (κ2) is 6.97. The second-order valence-electron chi connectivity index (χ2n) is 7.70. The van der Waals surface area contributed by atoms with Crippen LogP contribution in [0, 0.1) is 0 Å². The second-order valence-corrected chi connectivity index (χ2v) is 7.70. The summed E-state index contributed by atoms with van der Waals surface area (Å²) in [6, 6.07) is 14.9. The van der Waals surface area contributed by atoms with Gasteiger partial charge in [0.2, 0.25) is 5.95 Å². The van der Waals surface area contributed by atoms with Crippen LogP contribution in [0.3, 0.4) is 0 Å². The van der Waals surface area contributed by atoms with Gasteiger partial charge in [-0.1, -0.05) is 30.3 Å². The molecule has 1 aromatic carbocycles. The van der Waals surface area contributed by atoms with Crippen LogP contribution in [0.1, 0.15) is 30.9 Å². The van der Waals surface area contributed by atoms with E-state index in [2.05, 4.69) is 16.0 Å². The van der Waals surface area contributed by atoms with Gasteiger partial charge in [0, 0.05) is 30.2 Å². The monoisotopic (exact) mass is 386 g/mol. The Morgan fingerprint density at radius 2 is 1.86 bits per heavy atom. The first-order chi connectivity index (χ1) is 14.2. The fraction of sp³-hybridized carbons (Fsp3) is 0.261. The molecule has 1 N–H and O–H groups in total. The van der Waals surface area contributed by atoms with Gasteiger partial charge in [-0.3, -0.25) is 14.3 Å². The number of hydrogen-bond acceptors (Lipinski definition) is 5. The molecule has 146 valence electrons. The molecule has 1 fully saturated rings. The van der Waals surface area contributed by atoms with Crippen molar-refractivity contribution >= 4 is 12.1 Å². The molecule has 1 atom stereocenters. The van der Waals surface area contributed by atoms with Gasteiger partial charge >= 0.3 is 0 Å². The van der Waals surface area contributed by atoms with E-state index in [0.29, 0.717) is 18.2 Å². The zero-order valence-electron chi connectivity index (χ0n) is 16.0. The van der Waals surface area contributed by atoms with Crippen LogP contribution >= 0.6 is 0 Å². The number of aliphatic hydroxyl groups is 1. The molecule has 2 aliphatic rings. The normalized spacial score (nSPS) is 17.6. The van der Waals surface area contributed by atoms with Crippen LogP contribution in [0.4, 0.5) is 5.95 Å². The highest BCUT2D eigenvalue weighted by atomic mass is 16.3. The van der Waals surface area contributed by atoms with Crippen molar-refractivity contribution < 1.29 is 5.11 Å². The molecule has 0 bridgehead atoms. The molecule has 6 heteroatoms. The fourth-order valence-corrected chi connectivity index (χ4v) is 4.18. The molecule has 2 aromatic heterocycles. The van der Waals surface area contributed by atoms with Crippen LogP contribution in [0.15, 0.2) is 71.8 Å². The van der Waals surface area contributed by atoms with E-state index < -0.39 is 6.10 Å². The highest BCUT2D eigenvalue weighted by molar-refractivity contribution is 5.63. The van der Waals surface area contributed by atoms with Gasteiger partial charge in [-0.15, -0.1) is 0 Å². The summed E-state index contributed by atoms with van der Waals surface area (Å²) in [5, 5.41) is 10.9. The Morgan fingerprint density at radius 1 is 1.10 bits per heavy atom. The number of aliphatic hydroxyl groups excluding tert-OH is 1. The number of pyridine rings is 1. The predicted octanol–water partition coefficient (Wildman–Crippen LogP) is 3.25. The van der Waals surface area contributed by atoms with Gasteiger partial charge in [-0.25, -0.2) is 4.98 Å². The van der Waals surface area contributed by atoms with Crippen LogP contribution in [0.2, 0.25) is 0 Å². The van der Waals surface area contributed by atoms with Crippen LogP contribution < -0.4 is 10.5 Å². The summed E-state index contributed by atoms with van der Waals surface area (Å²) < 4.78 is 1.58. The first-order valence-corrected chi connectivity index (χ1v) is 9.90. The third kappa shape index (κ3) is 3.06. The molecule has 1 spiro atoms. The highest BCUT2D eigenvalue weighted by Crippen LogP contribution is 2.44. The smallest absolute Gasteiger partial charge is 0.259 e. The third-order valence-corrected chi connectivity index (χ3v) is 5.98. The van der Waals surface area contributed by atoms with Crippen molar-refractivity contribution in [3.8, 4) is 11.3 Å². The SMILES string of the molecule is O=c1cc(-c2ccncc2)nc2n1C=CC1(CCC1)N2C[C@@H](O)c1ccccc1. The fourth-order valence-electron chi connectivity index (χ4n) is 4.18. The molecule has 0 saturated heterocycles. The molecule has 29 heavy (non-hydrogen) atoms. The average Bonchev–Trinajstić information content (AvgIpc) is 2.74. The van der Waals surface area contributed by atoms with Crippen molar-refractivity contribution in [3.63, 3.8) is 0 Å². The zero-order valence-corrected chi connectivity index (χ0v) is 16.0. The minimum Gasteiger partial charge on any atom is -0.387 e. The van der Waals surface area contributed by atoms with Crippen LogP contribution in [0.5, 0.6) is 0 Å². The van der Waals surface area contributed by atoms with Gasteiger partial charge in [0.25, 0.3) is 5.56 Å². The van der Waals surface area contributed by atoms with Crippen molar-refractivity contribution in [2.24, 2.45) is 0 Å². The summed E-state index contributed by atoms with van der Waals surface area (Å²) in [7, 11) is 0. The van der Waals surface area contributed by atoms with Gasteiger partial charge in [0.05, 0.1) is 23.9 Å². The lowest BCUT2D eigenvalue weighted by molar-refractivity contribution is 0.162. The third-order valence-electron chi connectivity index (χ3n) is 5.98. The van der Waals surface area contributed by atoms with E-state index in [4.69, 9.17) is 4.98 Å². The lowest BCUT2D eigenvalue weighted by Crippen LogP contribution is -2.57. The lowest BCUT2D eigenvalue weighted by atomic mass is 9.74. The molecule has 3 heterocycles. The highest BCUT2D eigenvalue weighted by Gasteiger charge is 2.44. The Kier molecular flexibility index (Phi) is 4.28. The van der Waals surface area contributed by atoms with Crippen molar-refractivity contribution in [2.75, 3.05) is 11.4 Å². The molecule has 5 rings (SSSR count). The number of anilines is 1. The van der Waals surface area contributed by atoms with Gasteiger partial charge in [-0.2, -0.15) is 0 Å². The molecule has 1 aliphatic heterocycles. The van der Waals surface area contributed by atoms with Gasteiger partial charge < -0.3 is 10.0 Å². The molecule has 6 nitrogen and oxygen atoms in total. The van der Waals surface area contributed by atoms with Crippen molar-refractivity contribution in [1.82, 2.24) is 14.5 Å². The summed E-state index contributed by atoms with van der Waals surface area (Å²) in [6.07, 6.45) is 9.74. The summed E-state index contributed by atoms with van der Waals surface area (Å²) in [5.41, 5.74) is 2.00. The molecular weight excluding hydrogens is 364 g/mol. The molecule has 0 amide bonds. The number of fused-ring (bicyclic) bond motifs is 1. The maximum atomic E-state index is 12.8. The maximum absolute atomic E-state index is 12.8. The topological polar surface area (TPSA) is 71.2 Å². The number of nitrogens with zero attached hydrogens (tertiary/aromatic N) is 4. The first-order valence-electron chi connectivity index (χ1n) is 9.90. The van der Waals surface area contributed by atoms with E-state index >= 15 is 0 Å². The Labute approximate surface area is 168 Å². The van der Waals surface area contributed by atoms with Crippen molar-refractivity contribution in [3.05, 3.63) is 82.9 Å². The number of β-amino-alcohol motifs (C(OH)–C–C–N with tert-alkyl or cyclic N) is 1.